The molecule has 1 saturated carbocycles. The molecule has 2 atom stereocenters. The summed E-state index contributed by atoms with van der Waals surface area (Å²) in [5.41, 5.74) is 4.54. The molecule has 33 heavy (non-hydrogen) atoms. The van der Waals surface area contributed by atoms with Crippen molar-refractivity contribution in [2.45, 2.75) is 50.7 Å². The van der Waals surface area contributed by atoms with E-state index in [1.54, 1.807) is 25.1 Å². The highest BCUT2D eigenvalue weighted by Gasteiger charge is 2.29. The fraction of sp³-hybridized carbons (Fsp3) is 0.333. The summed E-state index contributed by atoms with van der Waals surface area (Å²) in [5.74, 6) is -0.447. The lowest BCUT2D eigenvalue weighted by Gasteiger charge is -2.16. The van der Waals surface area contributed by atoms with Crippen LogP contribution in [-0.2, 0) is 9.53 Å². The van der Waals surface area contributed by atoms with Gasteiger partial charge in [-0.1, -0.05) is 42.5 Å². The molecule has 1 aliphatic carbocycles. The predicted octanol–water partition coefficient (Wildman–Crippen LogP) is 5.00. The molecule has 0 amide bonds. The molecule has 0 spiro atoms. The van der Waals surface area contributed by atoms with Crippen LogP contribution in [0.4, 0.5) is 4.39 Å². The van der Waals surface area contributed by atoms with Gasteiger partial charge in [0.05, 0.1) is 36.4 Å². The Morgan fingerprint density at radius 3 is 2.61 bits per heavy atom. The number of carbonyl (C=O) groups is 1. The van der Waals surface area contributed by atoms with Crippen molar-refractivity contribution in [3.63, 3.8) is 0 Å². The van der Waals surface area contributed by atoms with Crippen molar-refractivity contribution in [2.75, 3.05) is 6.61 Å². The van der Waals surface area contributed by atoms with Crippen molar-refractivity contribution in [1.29, 1.82) is 0 Å². The van der Waals surface area contributed by atoms with Crippen LogP contribution in [0.3, 0.4) is 0 Å². The van der Waals surface area contributed by atoms with Gasteiger partial charge in [-0.3, -0.25) is 9.78 Å². The van der Waals surface area contributed by atoms with Gasteiger partial charge in [0.2, 0.25) is 0 Å². The number of ether oxygens (including phenoxy) is 1. The van der Waals surface area contributed by atoms with Crippen molar-refractivity contribution in [1.82, 2.24) is 4.98 Å². The van der Waals surface area contributed by atoms with E-state index in [9.17, 15) is 19.4 Å². The van der Waals surface area contributed by atoms with E-state index >= 15 is 0 Å². The van der Waals surface area contributed by atoms with Crippen LogP contribution < -0.4 is 0 Å². The average Bonchev–Trinajstić information content (AvgIpc) is 3.63. The number of pyridine rings is 1. The van der Waals surface area contributed by atoms with E-state index in [-0.39, 0.29) is 25.3 Å². The fourth-order valence-electron chi connectivity index (χ4n) is 4.07. The van der Waals surface area contributed by atoms with E-state index in [4.69, 9.17) is 9.72 Å². The molecule has 1 aromatic heterocycles. The van der Waals surface area contributed by atoms with Gasteiger partial charge in [0, 0.05) is 28.9 Å². The molecule has 6 heteroatoms. The number of benzene rings is 2. The number of aliphatic hydroxyl groups is 2. The number of aliphatic hydroxyl groups excluding tert-OH is 2. The van der Waals surface area contributed by atoms with Gasteiger partial charge < -0.3 is 14.9 Å². The minimum absolute atomic E-state index is 0.0148. The zero-order valence-electron chi connectivity index (χ0n) is 18.6. The minimum atomic E-state index is -1.00. The monoisotopic (exact) mass is 449 g/mol. The maximum Gasteiger partial charge on any atom is 0.308 e. The molecule has 1 aliphatic rings. The molecule has 1 heterocycles. The molecule has 0 saturated heterocycles. The molecule has 5 nitrogen and oxygen atoms in total. The third-order valence-corrected chi connectivity index (χ3v) is 5.76. The zero-order chi connectivity index (χ0) is 23.4. The second-order valence-corrected chi connectivity index (χ2v) is 8.41. The number of hydrogen-bond acceptors (Lipinski definition) is 5. The van der Waals surface area contributed by atoms with Crippen LogP contribution in [0.5, 0.6) is 0 Å². The van der Waals surface area contributed by atoms with E-state index in [1.807, 2.05) is 30.3 Å². The molecule has 4 rings (SSSR count). The van der Waals surface area contributed by atoms with Gasteiger partial charge in [0.15, 0.2) is 0 Å². The topological polar surface area (TPSA) is 79.7 Å². The first-order valence-corrected chi connectivity index (χ1v) is 11.3. The Kier molecular flexibility index (Phi) is 7.16. The number of hydrogen-bond donors (Lipinski definition) is 2. The van der Waals surface area contributed by atoms with Crippen molar-refractivity contribution in [3.8, 4) is 11.1 Å². The number of esters is 1. The number of carbonyl (C=O) groups excluding carboxylic acids is 1. The van der Waals surface area contributed by atoms with E-state index in [0.717, 1.165) is 46.1 Å². The minimum Gasteiger partial charge on any atom is -0.466 e. The van der Waals surface area contributed by atoms with Crippen LogP contribution in [0.2, 0.25) is 0 Å². The predicted molar refractivity (Wildman–Crippen MR) is 126 cm³/mol. The summed E-state index contributed by atoms with van der Waals surface area (Å²) < 4.78 is 18.5. The summed E-state index contributed by atoms with van der Waals surface area (Å²) in [5, 5.41) is 21.6. The molecular weight excluding hydrogens is 421 g/mol. The van der Waals surface area contributed by atoms with Gasteiger partial charge >= 0.3 is 5.97 Å². The Hall–Kier alpha value is -3.09. The summed E-state index contributed by atoms with van der Waals surface area (Å²) in [6, 6.07) is 14.3. The number of aromatic nitrogens is 1. The first-order valence-electron chi connectivity index (χ1n) is 11.3. The zero-order valence-corrected chi connectivity index (χ0v) is 18.6. The smallest absolute Gasteiger partial charge is 0.308 e. The van der Waals surface area contributed by atoms with E-state index < -0.39 is 18.2 Å². The van der Waals surface area contributed by atoms with E-state index in [1.165, 1.54) is 12.1 Å². The number of para-hydroxylation sites is 1. The van der Waals surface area contributed by atoms with Gasteiger partial charge in [-0.2, -0.15) is 0 Å². The Morgan fingerprint density at radius 2 is 1.91 bits per heavy atom. The first-order chi connectivity index (χ1) is 16.0. The number of fused-ring (bicyclic) bond motifs is 1. The lowest BCUT2D eigenvalue weighted by molar-refractivity contribution is -0.145. The Bertz CT molecular complexity index is 1150. The molecule has 0 radical (unpaired) electrons. The van der Waals surface area contributed by atoms with Gasteiger partial charge in [0.1, 0.15) is 5.82 Å². The summed E-state index contributed by atoms with van der Waals surface area (Å²) in [6.07, 6.45) is 3.47. The van der Waals surface area contributed by atoms with Crippen LogP contribution in [0.25, 0.3) is 28.1 Å². The fourth-order valence-corrected chi connectivity index (χ4v) is 4.07. The molecule has 172 valence electrons. The lowest BCUT2D eigenvalue weighted by atomic mass is 9.92. The van der Waals surface area contributed by atoms with Crippen LogP contribution in [-0.4, -0.2) is 40.0 Å². The van der Waals surface area contributed by atoms with E-state index in [2.05, 4.69) is 0 Å². The van der Waals surface area contributed by atoms with Crippen molar-refractivity contribution < 1.29 is 24.1 Å². The first kappa shape index (κ1) is 23.1. The molecular formula is C27H28FNO4. The van der Waals surface area contributed by atoms with Crippen LogP contribution in [0, 0.1) is 5.82 Å². The van der Waals surface area contributed by atoms with Crippen molar-refractivity contribution in [2.24, 2.45) is 0 Å². The average molecular weight is 450 g/mol. The molecule has 2 N–H and O–H groups in total. The quantitative estimate of drug-likeness (QED) is 0.450. The molecule has 0 bridgehead atoms. The van der Waals surface area contributed by atoms with Crippen molar-refractivity contribution in [3.05, 3.63) is 71.7 Å². The maximum absolute atomic E-state index is 13.6. The highest BCUT2D eigenvalue weighted by atomic mass is 19.1. The Balaban J connectivity index is 1.70. The number of rotatable bonds is 9. The molecule has 2 aromatic carbocycles. The highest BCUT2D eigenvalue weighted by Crippen LogP contribution is 2.45. The summed E-state index contributed by atoms with van der Waals surface area (Å²) in [4.78, 5) is 16.5. The van der Waals surface area contributed by atoms with E-state index in [0.29, 0.717) is 5.92 Å². The Labute approximate surface area is 192 Å². The molecule has 3 aromatic rings. The third kappa shape index (κ3) is 5.64. The lowest BCUT2D eigenvalue weighted by Crippen LogP contribution is -2.20. The van der Waals surface area contributed by atoms with Crippen molar-refractivity contribution >= 4 is 22.9 Å². The summed E-state index contributed by atoms with van der Waals surface area (Å²) in [6.45, 7) is 1.95. The largest absolute Gasteiger partial charge is 0.466 e. The maximum atomic E-state index is 13.6. The van der Waals surface area contributed by atoms with Crippen LogP contribution in [0.15, 0.2) is 54.6 Å². The second-order valence-electron chi connectivity index (χ2n) is 8.41. The Morgan fingerprint density at radius 1 is 1.18 bits per heavy atom. The number of halogens is 1. The molecule has 0 aliphatic heterocycles. The third-order valence-electron chi connectivity index (χ3n) is 5.76. The van der Waals surface area contributed by atoms with Crippen LogP contribution >= 0.6 is 0 Å². The SMILES string of the molecule is CCOC(=O)C[C@@H](O)C[C@H](O)/C=C\c1c(C2CC2)nc2ccccc2c1-c1ccc(F)cc1. The molecule has 1 fully saturated rings. The normalized spacial score (nSPS) is 15.6. The van der Waals surface area contributed by atoms with Gasteiger partial charge in [0.25, 0.3) is 0 Å². The summed E-state index contributed by atoms with van der Waals surface area (Å²) >= 11 is 0. The van der Waals surface area contributed by atoms with Crippen LogP contribution in [0.1, 0.15) is 49.8 Å². The van der Waals surface area contributed by atoms with Gasteiger partial charge in [-0.25, -0.2) is 4.39 Å². The standard InChI is InChI=1S/C27H28FNO4/c1-2-33-25(32)16-21(31)15-20(30)13-14-23-26(17-9-11-19(28)12-10-17)22-5-3-4-6-24(22)29-27(23)18-7-8-18/h3-6,9-14,18,20-21,30-31H,2,7-8,15-16H2,1H3/b14-13-/t20-,21+/m1/s1. The molecule has 0 unspecified atom stereocenters. The van der Waals surface area contributed by atoms with Gasteiger partial charge in [-0.05, 0) is 43.5 Å². The van der Waals surface area contributed by atoms with Gasteiger partial charge in [-0.15, -0.1) is 0 Å². The second kappa shape index (κ2) is 10.2. The highest BCUT2D eigenvalue weighted by molar-refractivity contribution is 5.99. The number of nitrogens with zero attached hydrogens (tertiary/aromatic N) is 1. The summed E-state index contributed by atoms with van der Waals surface area (Å²) in [7, 11) is 0.